The van der Waals surface area contributed by atoms with E-state index in [1.54, 1.807) is 0 Å². The summed E-state index contributed by atoms with van der Waals surface area (Å²) in [5, 5.41) is 4.64. The van der Waals surface area contributed by atoms with Crippen LogP contribution in [0.5, 0.6) is 0 Å². The van der Waals surface area contributed by atoms with Gasteiger partial charge in [0.15, 0.2) is 0 Å². The predicted octanol–water partition coefficient (Wildman–Crippen LogP) is 4.50. The van der Waals surface area contributed by atoms with E-state index >= 15 is 0 Å². The van der Waals surface area contributed by atoms with Crippen LogP contribution in [0.1, 0.15) is 69.0 Å². The minimum Gasteiger partial charge on any atom is -0.344 e. The average molecular weight is 228 g/mol. The summed E-state index contributed by atoms with van der Waals surface area (Å²) in [7, 11) is 0. The lowest BCUT2D eigenvalue weighted by molar-refractivity contribution is 0.380. The van der Waals surface area contributed by atoms with Gasteiger partial charge >= 0.3 is 0 Å². The molecule has 0 aromatic carbocycles. The molecule has 15 heavy (non-hydrogen) atoms. The van der Waals surface area contributed by atoms with Crippen LogP contribution in [0.25, 0.3) is 0 Å². The molecular formula is C12H18ClNO. The Hall–Kier alpha value is -0.500. The van der Waals surface area contributed by atoms with Crippen LogP contribution in [0.3, 0.4) is 0 Å². The van der Waals surface area contributed by atoms with Crippen molar-refractivity contribution < 1.29 is 4.52 Å². The quantitative estimate of drug-likeness (QED) is 0.744. The summed E-state index contributed by atoms with van der Waals surface area (Å²) in [4.78, 5) is 0. The van der Waals surface area contributed by atoms with Crippen molar-refractivity contribution in [1.82, 2.24) is 5.16 Å². The van der Waals surface area contributed by atoms with Crippen LogP contribution in [-0.2, 0) is 0 Å². The Bertz CT molecular complexity index is 326. The first-order valence-electron chi connectivity index (χ1n) is 5.85. The topological polar surface area (TPSA) is 26.0 Å². The highest BCUT2D eigenvalue weighted by atomic mass is 35.5. The summed E-state index contributed by atoms with van der Waals surface area (Å²) in [5.74, 6) is 0.980. The number of nitrogens with zero attached hydrogens (tertiary/aromatic N) is 1. The molecule has 0 radical (unpaired) electrons. The van der Waals surface area contributed by atoms with Crippen LogP contribution in [0.4, 0.5) is 0 Å². The maximum atomic E-state index is 6.03. The molecule has 1 aliphatic carbocycles. The van der Waals surface area contributed by atoms with Gasteiger partial charge in [0, 0.05) is 11.5 Å². The summed E-state index contributed by atoms with van der Waals surface area (Å²) in [6.07, 6.45) is 6.46. The first-order chi connectivity index (χ1) is 7.20. The lowest BCUT2D eigenvalue weighted by atomic mass is 9.84. The van der Waals surface area contributed by atoms with E-state index in [-0.39, 0.29) is 0 Å². The van der Waals surface area contributed by atoms with Gasteiger partial charge in [-0.25, -0.2) is 0 Å². The maximum Gasteiger partial charge on any atom is 0.229 e. The molecule has 84 valence electrons. The summed E-state index contributed by atoms with van der Waals surface area (Å²) in [6, 6.07) is 0. The monoisotopic (exact) mass is 227 g/mol. The fraction of sp³-hybridized carbons (Fsp3) is 0.750. The van der Waals surface area contributed by atoms with Gasteiger partial charge in [-0.15, -0.1) is 0 Å². The summed E-state index contributed by atoms with van der Waals surface area (Å²) < 4.78 is 5.13. The number of rotatable bonds is 2. The summed E-state index contributed by atoms with van der Waals surface area (Å²) >= 11 is 6.03. The SMILES string of the molecule is CC(C)c1c(C2CCCCC2)noc1Cl. The Labute approximate surface area is 96.0 Å². The lowest BCUT2D eigenvalue weighted by Crippen LogP contribution is -2.07. The van der Waals surface area contributed by atoms with Crippen molar-refractivity contribution in [2.24, 2.45) is 0 Å². The number of hydrogen-bond acceptors (Lipinski definition) is 2. The fourth-order valence-corrected chi connectivity index (χ4v) is 2.83. The minimum absolute atomic E-state index is 0.403. The number of halogens is 1. The second kappa shape index (κ2) is 4.56. The van der Waals surface area contributed by atoms with E-state index in [1.165, 1.54) is 32.1 Å². The van der Waals surface area contributed by atoms with Crippen molar-refractivity contribution in [2.75, 3.05) is 0 Å². The zero-order valence-electron chi connectivity index (χ0n) is 9.42. The molecule has 0 bridgehead atoms. The highest BCUT2D eigenvalue weighted by Gasteiger charge is 2.25. The van der Waals surface area contributed by atoms with Gasteiger partial charge in [0.05, 0.1) is 5.69 Å². The average Bonchev–Trinajstić information content (AvgIpc) is 2.61. The van der Waals surface area contributed by atoms with Gasteiger partial charge < -0.3 is 4.52 Å². The van der Waals surface area contributed by atoms with Gasteiger partial charge in [-0.05, 0) is 30.4 Å². The van der Waals surface area contributed by atoms with Gasteiger partial charge in [0.2, 0.25) is 5.22 Å². The molecule has 1 fully saturated rings. The highest BCUT2D eigenvalue weighted by Crippen LogP contribution is 2.38. The molecule has 0 unspecified atom stereocenters. The van der Waals surface area contributed by atoms with Crippen molar-refractivity contribution >= 4 is 11.6 Å². The van der Waals surface area contributed by atoms with Gasteiger partial charge in [-0.1, -0.05) is 38.3 Å². The molecule has 1 aliphatic rings. The van der Waals surface area contributed by atoms with Crippen molar-refractivity contribution in [3.63, 3.8) is 0 Å². The number of hydrogen-bond donors (Lipinski definition) is 0. The van der Waals surface area contributed by atoms with Crippen LogP contribution in [-0.4, -0.2) is 5.16 Å². The third-order valence-electron chi connectivity index (χ3n) is 3.28. The zero-order chi connectivity index (χ0) is 10.8. The van der Waals surface area contributed by atoms with Crippen LogP contribution in [0, 0.1) is 0 Å². The van der Waals surface area contributed by atoms with E-state index < -0.39 is 0 Å². The number of aromatic nitrogens is 1. The summed E-state index contributed by atoms with van der Waals surface area (Å²) in [6.45, 7) is 4.29. The second-order valence-electron chi connectivity index (χ2n) is 4.74. The van der Waals surface area contributed by atoms with Gasteiger partial charge in [-0.2, -0.15) is 0 Å². The Balaban J connectivity index is 2.26. The van der Waals surface area contributed by atoms with E-state index in [0.29, 0.717) is 17.1 Å². The third kappa shape index (κ3) is 2.20. The smallest absolute Gasteiger partial charge is 0.229 e. The molecule has 1 heterocycles. The zero-order valence-corrected chi connectivity index (χ0v) is 10.2. The highest BCUT2D eigenvalue weighted by molar-refractivity contribution is 6.29. The molecule has 0 atom stereocenters. The van der Waals surface area contributed by atoms with Gasteiger partial charge in [0.25, 0.3) is 0 Å². The lowest BCUT2D eigenvalue weighted by Gasteiger charge is -2.21. The van der Waals surface area contributed by atoms with E-state index in [9.17, 15) is 0 Å². The molecule has 2 nitrogen and oxygen atoms in total. The van der Waals surface area contributed by atoms with Gasteiger partial charge in [0.1, 0.15) is 0 Å². The van der Waals surface area contributed by atoms with Crippen LogP contribution in [0.15, 0.2) is 4.52 Å². The predicted molar refractivity (Wildman–Crippen MR) is 61.4 cm³/mol. The Morgan fingerprint density at radius 2 is 1.93 bits per heavy atom. The molecule has 1 saturated carbocycles. The van der Waals surface area contributed by atoms with Crippen molar-refractivity contribution in [3.05, 3.63) is 16.5 Å². The van der Waals surface area contributed by atoms with Crippen molar-refractivity contribution in [3.8, 4) is 0 Å². The Morgan fingerprint density at radius 1 is 1.27 bits per heavy atom. The third-order valence-corrected chi connectivity index (χ3v) is 3.55. The van der Waals surface area contributed by atoms with E-state index in [1.807, 2.05) is 0 Å². The Morgan fingerprint density at radius 3 is 2.53 bits per heavy atom. The molecule has 1 aromatic rings. The first-order valence-corrected chi connectivity index (χ1v) is 6.23. The molecule has 0 amide bonds. The van der Waals surface area contributed by atoms with E-state index in [0.717, 1.165) is 11.3 Å². The van der Waals surface area contributed by atoms with Crippen molar-refractivity contribution in [1.29, 1.82) is 0 Å². The molecule has 2 rings (SSSR count). The largest absolute Gasteiger partial charge is 0.344 e. The fourth-order valence-electron chi connectivity index (χ4n) is 2.48. The van der Waals surface area contributed by atoms with E-state index in [2.05, 4.69) is 19.0 Å². The normalized spacial score (nSPS) is 18.7. The maximum absolute atomic E-state index is 6.03. The molecule has 0 saturated heterocycles. The minimum atomic E-state index is 0.403. The molecule has 3 heteroatoms. The molecule has 0 spiro atoms. The first kappa shape index (κ1) is 11.0. The summed E-state index contributed by atoms with van der Waals surface area (Å²) in [5.41, 5.74) is 2.25. The molecular weight excluding hydrogens is 210 g/mol. The van der Waals surface area contributed by atoms with Crippen LogP contribution < -0.4 is 0 Å². The van der Waals surface area contributed by atoms with Crippen molar-refractivity contribution in [2.45, 2.75) is 57.8 Å². The molecule has 0 aliphatic heterocycles. The Kier molecular flexibility index (Phi) is 3.35. The molecule has 0 N–H and O–H groups in total. The standard InChI is InChI=1S/C12H18ClNO/c1-8(2)10-11(14-15-12(10)13)9-6-4-3-5-7-9/h8-9H,3-7H2,1-2H3. The van der Waals surface area contributed by atoms with E-state index in [4.69, 9.17) is 16.1 Å². The molecule has 1 aromatic heterocycles. The van der Waals surface area contributed by atoms with Crippen LogP contribution in [0.2, 0.25) is 5.22 Å². The second-order valence-corrected chi connectivity index (χ2v) is 5.09. The van der Waals surface area contributed by atoms with Crippen LogP contribution >= 0.6 is 11.6 Å². The van der Waals surface area contributed by atoms with Gasteiger partial charge in [-0.3, -0.25) is 0 Å².